The molecule has 1 aromatic heterocycles. The Kier molecular flexibility index (Phi) is 7.94. The molecule has 1 atom stereocenters. The maximum atomic E-state index is 12.9. The van der Waals surface area contributed by atoms with Crippen molar-refractivity contribution in [3.63, 3.8) is 0 Å². The van der Waals surface area contributed by atoms with Gasteiger partial charge in [-0.2, -0.15) is 0 Å². The lowest BCUT2D eigenvalue weighted by molar-refractivity contribution is -0.126. The number of amides is 2. The molecule has 0 bridgehead atoms. The van der Waals surface area contributed by atoms with Gasteiger partial charge in [0.05, 0.1) is 32.9 Å². The zero-order valence-corrected chi connectivity index (χ0v) is 20.7. The molecule has 188 valence electrons. The third-order valence-electron chi connectivity index (χ3n) is 6.66. The molecule has 1 aromatic carbocycles. The quantitative estimate of drug-likeness (QED) is 0.618. The van der Waals surface area contributed by atoms with Crippen molar-refractivity contribution in [1.82, 2.24) is 10.3 Å². The molecule has 2 amide bonds. The van der Waals surface area contributed by atoms with Crippen LogP contribution in [0.3, 0.4) is 0 Å². The smallest absolute Gasteiger partial charge is 0.227 e. The highest BCUT2D eigenvalue weighted by atomic mass is 16.5. The predicted octanol–water partition coefficient (Wildman–Crippen LogP) is 3.16. The zero-order valence-electron chi connectivity index (χ0n) is 20.7. The van der Waals surface area contributed by atoms with Gasteiger partial charge in [-0.25, -0.2) is 4.98 Å². The summed E-state index contributed by atoms with van der Waals surface area (Å²) in [6, 6.07) is 7.47. The van der Waals surface area contributed by atoms with E-state index in [9.17, 15) is 9.59 Å². The van der Waals surface area contributed by atoms with Crippen molar-refractivity contribution < 1.29 is 23.8 Å². The summed E-state index contributed by atoms with van der Waals surface area (Å²) >= 11 is 0. The van der Waals surface area contributed by atoms with Crippen LogP contribution < -0.4 is 29.3 Å². The molecule has 4 rings (SSSR count). The predicted molar refractivity (Wildman–Crippen MR) is 133 cm³/mol. The van der Waals surface area contributed by atoms with Crippen LogP contribution in [0.5, 0.6) is 17.2 Å². The van der Waals surface area contributed by atoms with E-state index in [2.05, 4.69) is 15.2 Å². The number of methoxy groups -OCH3 is 3. The van der Waals surface area contributed by atoms with Crippen molar-refractivity contribution >= 4 is 23.3 Å². The van der Waals surface area contributed by atoms with Crippen LogP contribution in [0, 0.1) is 5.92 Å². The van der Waals surface area contributed by atoms with Gasteiger partial charge in [-0.15, -0.1) is 0 Å². The van der Waals surface area contributed by atoms with Crippen molar-refractivity contribution in [1.29, 1.82) is 0 Å². The Labute approximate surface area is 206 Å². The monoisotopic (exact) mass is 482 g/mol. The van der Waals surface area contributed by atoms with E-state index >= 15 is 0 Å². The summed E-state index contributed by atoms with van der Waals surface area (Å²) in [7, 11) is 4.58. The van der Waals surface area contributed by atoms with Crippen LogP contribution in [0.2, 0.25) is 0 Å². The van der Waals surface area contributed by atoms with E-state index in [4.69, 9.17) is 14.2 Å². The minimum atomic E-state index is -0.439. The lowest BCUT2D eigenvalue weighted by Gasteiger charge is -2.21. The fraction of sp³-hybridized carbons (Fsp3) is 0.500. The number of benzene rings is 1. The van der Waals surface area contributed by atoms with E-state index in [0.29, 0.717) is 29.5 Å². The van der Waals surface area contributed by atoms with Crippen molar-refractivity contribution in [2.45, 2.75) is 38.6 Å². The Morgan fingerprint density at radius 1 is 1.03 bits per heavy atom. The number of carbonyl (C=O) groups is 2. The number of rotatable bonds is 8. The summed E-state index contributed by atoms with van der Waals surface area (Å²) in [6.07, 6.45) is 6.93. The normalized spacial score (nSPS) is 18.3. The molecule has 0 radical (unpaired) electrons. The molecule has 2 aromatic rings. The Balaban J connectivity index is 1.36. The first kappa shape index (κ1) is 24.6. The zero-order chi connectivity index (χ0) is 24.8. The van der Waals surface area contributed by atoms with E-state index in [0.717, 1.165) is 24.5 Å². The van der Waals surface area contributed by atoms with Crippen molar-refractivity contribution in [3.05, 3.63) is 36.0 Å². The van der Waals surface area contributed by atoms with Crippen molar-refractivity contribution in [2.75, 3.05) is 50.8 Å². The first-order valence-corrected chi connectivity index (χ1v) is 12.1. The van der Waals surface area contributed by atoms with E-state index in [1.807, 2.05) is 18.3 Å². The molecule has 1 unspecified atom stereocenters. The van der Waals surface area contributed by atoms with Crippen molar-refractivity contribution in [3.8, 4) is 17.2 Å². The fourth-order valence-corrected chi connectivity index (χ4v) is 4.70. The molecule has 1 N–H and O–H groups in total. The molecule has 2 fully saturated rings. The maximum Gasteiger partial charge on any atom is 0.227 e. The Hall–Kier alpha value is -3.49. The molecular formula is C26H34N4O5. The largest absolute Gasteiger partial charge is 0.493 e. The summed E-state index contributed by atoms with van der Waals surface area (Å²) in [4.78, 5) is 34.1. The number of aromatic nitrogens is 1. The molecule has 35 heavy (non-hydrogen) atoms. The third-order valence-corrected chi connectivity index (χ3v) is 6.66. The van der Waals surface area contributed by atoms with Crippen LogP contribution in [-0.2, 0) is 16.1 Å². The molecule has 2 aliphatic rings. The van der Waals surface area contributed by atoms with Gasteiger partial charge in [0.25, 0.3) is 0 Å². The first-order chi connectivity index (χ1) is 17.0. The minimum Gasteiger partial charge on any atom is -0.493 e. The number of ether oxygens (including phenoxy) is 3. The topological polar surface area (TPSA) is 93.2 Å². The highest BCUT2D eigenvalue weighted by molar-refractivity contribution is 6.00. The standard InChI is InChI=1S/C26H34N4O5/c1-33-21-13-20(14-22(34-2)25(21)35-3)30-17-19(12-24(30)31)26(32)28-16-18-8-9-23(27-15-18)29-10-6-4-5-7-11-29/h8-9,13-15,19H,4-7,10-12,16-17H2,1-3H3,(H,28,32). The third kappa shape index (κ3) is 5.61. The molecular weight excluding hydrogens is 448 g/mol. The van der Waals surface area contributed by atoms with E-state index in [1.54, 1.807) is 17.0 Å². The minimum absolute atomic E-state index is 0.122. The second kappa shape index (κ2) is 11.3. The maximum absolute atomic E-state index is 12.9. The Morgan fingerprint density at radius 2 is 1.71 bits per heavy atom. The van der Waals surface area contributed by atoms with Gasteiger partial charge >= 0.3 is 0 Å². The average molecular weight is 483 g/mol. The highest BCUT2D eigenvalue weighted by Gasteiger charge is 2.36. The fourth-order valence-electron chi connectivity index (χ4n) is 4.70. The summed E-state index contributed by atoms with van der Waals surface area (Å²) in [5.74, 6) is 1.65. The lowest BCUT2D eigenvalue weighted by atomic mass is 10.1. The van der Waals surface area contributed by atoms with Gasteiger partial charge in [0.1, 0.15) is 5.82 Å². The van der Waals surface area contributed by atoms with E-state index < -0.39 is 5.92 Å². The summed E-state index contributed by atoms with van der Waals surface area (Å²) < 4.78 is 16.2. The van der Waals surface area contributed by atoms with Gasteiger partial charge in [-0.3, -0.25) is 9.59 Å². The highest BCUT2D eigenvalue weighted by Crippen LogP contribution is 2.42. The number of nitrogens with zero attached hydrogens (tertiary/aromatic N) is 3. The Morgan fingerprint density at radius 3 is 2.29 bits per heavy atom. The van der Waals surface area contributed by atoms with Crippen LogP contribution >= 0.6 is 0 Å². The number of carbonyl (C=O) groups excluding carboxylic acids is 2. The van der Waals surface area contributed by atoms with Gasteiger partial charge < -0.3 is 29.3 Å². The van der Waals surface area contributed by atoms with Gasteiger partial charge in [-0.05, 0) is 24.5 Å². The Bertz CT molecular complexity index is 1010. The van der Waals surface area contributed by atoms with Crippen LogP contribution in [0.1, 0.15) is 37.7 Å². The van der Waals surface area contributed by atoms with Crippen LogP contribution in [0.4, 0.5) is 11.5 Å². The van der Waals surface area contributed by atoms with E-state index in [1.165, 1.54) is 47.0 Å². The molecule has 9 heteroatoms. The van der Waals surface area contributed by atoms with Gasteiger partial charge in [-0.1, -0.05) is 18.9 Å². The van der Waals surface area contributed by atoms with E-state index in [-0.39, 0.29) is 24.8 Å². The molecule has 2 aliphatic heterocycles. The molecule has 9 nitrogen and oxygen atoms in total. The first-order valence-electron chi connectivity index (χ1n) is 12.1. The number of pyridine rings is 1. The average Bonchev–Trinajstić information content (AvgIpc) is 3.09. The van der Waals surface area contributed by atoms with Gasteiger partial charge in [0, 0.05) is 50.9 Å². The SMILES string of the molecule is COc1cc(N2CC(C(=O)NCc3ccc(N4CCCCCC4)nc3)CC2=O)cc(OC)c1OC. The van der Waals surface area contributed by atoms with Crippen LogP contribution in [-0.4, -0.2) is 57.8 Å². The van der Waals surface area contributed by atoms with Crippen LogP contribution in [0.25, 0.3) is 0 Å². The number of anilines is 2. The number of hydrogen-bond acceptors (Lipinski definition) is 7. The molecule has 0 aliphatic carbocycles. The number of nitrogens with one attached hydrogen (secondary N) is 1. The summed E-state index contributed by atoms with van der Waals surface area (Å²) in [5, 5.41) is 2.97. The molecule has 3 heterocycles. The lowest BCUT2D eigenvalue weighted by Crippen LogP contribution is -2.32. The second-order valence-corrected chi connectivity index (χ2v) is 8.93. The second-order valence-electron chi connectivity index (χ2n) is 8.93. The van der Waals surface area contributed by atoms with Gasteiger partial charge in [0.15, 0.2) is 11.5 Å². The number of hydrogen-bond donors (Lipinski definition) is 1. The molecule has 0 saturated carbocycles. The van der Waals surface area contributed by atoms with Crippen molar-refractivity contribution in [2.24, 2.45) is 5.92 Å². The van der Waals surface area contributed by atoms with Gasteiger partial charge in [0.2, 0.25) is 17.6 Å². The summed E-state index contributed by atoms with van der Waals surface area (Å²) in [6.45, 7) is 2.75. The summed E-state index contributed by atoms with van der Waals surface area (Å²) in [5.41, 5.74) is 1.54. The van der Waals surface area contributed by atoms with Crippen LogP contribution in [0.15, 0.2) is 30.5 Å². The molecule has 2 saturated heterocycles. The molecule has 0 spiro atoms.